The van der Waals surface area contributed by atoms with Gasteiger partial charge in [0, 0.05) is 6.04 Å². The van der Waals surface area contributed by atoms with E-state index in [1.165, 1.54) is 11.8 Å². The number of hydrogen-bond donors (Lipinski definition) is 1. The standard InChI is InChI=1S/C12H15N3OS2/c1-7(2)15-11(16)8(3)18-12-10-9(4-5-17-10)13-6-14-12/h4-8H,1-3H3,(H,15,16)/t8-/m0/s1. The molecule has 0 bridgehead atoms. The Balaban J connectivity index is 2.13. The number of carbonyl (C=O) groups is 1. The predicted octanol–water partition coefficient (Wildman–Crippen LogP) is 2.70. The third kappa shape index (κ3) is 3.00. The Hall–Kier alpha value is -1.14. The van der Waals surface area contributed by atoms with Gasteiger partial charge in [0.1, 0.15) is 11.4 Å². The Bertz CT molecular complexity index is 553. The van der Waals surface area contributed by atoms with Gasteiger partial charge < -0.3 is 5.32 Å². The number of fused-ring (bicyclic) bond motifs is 1. The highest BCUT2D eigenvalue weighted by Crippen LogP contribution is 2.31. The van der Waals surface area contributed by atoms with Gasteiger partial charge in [-0.05, 0) is 32.2 Å². The molecule has 0 aliphatic heterocycles. The number of carbonyl (C=O) groups excluding carboxylic acids is 1. The zero-order valence-corrected chi connectivity index (χ0v) is 12.1. The molecule has 2 aromatic rings. The summed E-state index contributed by atoms with van der Waals surface area (Å²) in [5.41, 5.74) is 0.939. The molecule has 0 unspecified atom stereocenters. The molecule has 2 heterocycles. The summed E-state index contributed by atoms with van der Waals surface area (Å²) in [6.45, 7) is 5.80. The monoisotopic (exact) mass is 281 g/mol. The van der Waals surface area contributed by atoms with Crippen LogP contribution in [0.25, 0.3) is 10.2 Å². The minimum atomic E-state index is -0.160. The Morgan fingerprint density at radius 1 is 1.39 bits per heavy atom. The number of nitrogens with one attached hydrogen (secondary N) is 1. The molecule has 18 heavy (non-hydrogen) atoms. The lowest BCUT2D eigenvalue weighted by Gasteiger charge is -2.13. The topological polar surface area (TPSA) is 54.9 Å². The largest absolute Gasteiger partial charge is 0.353 e. The van der Waals surface area contributed by atoms with E-state index in [-0.39, 0.29) is 17.2 Å². The number of amides is 1. The lowest BCUT2D eigenvalue weighted by Crippen LogP contribution is -2.35. The SMILES string of the molecule is CC(C)NC(=O)[C@H](C)Sc1ncnc2ccsc12. The second-order valence-electron chi connectivity index (χ2n) is 4.24. The third-order valence-corrected chi connectivity index (χ3v) is 4.44. The molecule has 0 fully saturated rings. The second-order valence-corrected chi connectivity index (χ2v) is 6.48. The number of hydrogen-bond acceptors (Lipinski definition) is 5. The maximum Gasteiger partial charge on any atom is 0.233 e. The highest BCUT2D eigenvalue weighted by molar-refractivity contribution is 8.00. The molecule has 6 heteroatoms. The number of thioether (sulfide) groups is 1. The summed E-state index contributed by atoms with van der Waals surface area (Å²) in [7, 11) is 0. The fourth-order valence-electron chi connectivity index (χ4n) is 1.47. The number of nitrogens with zero attached hydrogens (tertiary/aromatic N) is 2. The van der Waals surface area contributed by atoms with E-state index in [1.807, 2.05) is 32.2 Å². The van der Waals surface area contributed by atoms with Gasteiger partial charge in [0.15, 0.2) is 0 Å². The van der Waals surface area contributed by atoms with Gasteiger partial charge in [-0.15, -0.1) is 11.3 Å². The predicted molar refractivity (Wildman–Crippen MR) is 76.0 cm³/mol. The van der Waals surface area contributed by atoms with E-state index >= 15 is 0 Å². The van der Waals surface area contributed by atoms with Crippen LogP contribution in [-0.4, -0.2) is 27.2 Å². The van der Waals surface area contributed by atoms with E-state index in [9.17, 15) is 4.79 Å². The molecule has 0 aliphatic rings. The molecule has 1 N–H and O–H groups in total. The fraction of sp³-hybridized carbons (Fsp3) is 0.417. The quantitative estimate of drug-likeness (QED) is 0.691. The Kier molecular flexibility index (Phi) is 4.19. The molecule has 0 radical (unpaired) electrons. The van der Waals surface area contributed by atoms with Crippen molar-refractivity contribution < 1.29 is 4.79 Å². The van der Waals surface area contributed by atoms with Crippen LogP contribution < -0.4 is 5.32 Å². The zero-order chi connectivity index (χ0) is 13.1. The van der Waals surface area contributed by atoms with Crippen molar-refractivity contribution in [2.45, 2.75) is 37.1 Å². The summed E-state index contributed by atoms with van der Waals surface area (Å²) < 4.78 is 1.05. The normalized spacial score (nSPS) is 12.9. The molecule has 0 saturated carbocycles. The van der Waals surface area contributed by atoms with Crippen LogP contribution in [0.2, 0.25) is 0 Å². The summed E-state index contributed by atoms with van der Waals surface area (Å²) in [4.78, 5) is 20.3. The Labute approximate surface area is 114 Å². The van der Waals surface area contributed by atoms with Crippen molar-refractivity contribution in [1.29, 1.82) is 0 Å². The number of aromatic nitrogens is 2. The van der Waals surface area contributed by atoms with Crippen LogP contribution in [-0.2, 0) is 4.79 Å². The zero-order valence-electron chi connectivity index (χ0n) is 10.5. The highest BCUT2D eigenvalue weighted by Gasteiger charge is 2.17. The Morgan fingerprint density at radius 3 is 2.89 bits per heavy atom. The van der Waals surface area contributed by atoms with E-state index in [0.29, 0.717) is 0 Å². The van der Waals surface area contributed by atoms with Crippen molar-refractivity contribution in [3.05, 3.63) is 17.8 Å². The average Bonchev–Trinajstić information content (AvgIpc) is 2.77. The maximum absolute atomic E-state index is 11.9. The third-order valence-electron chi connectivity index (χ3n) is 2.30. The summed E-state index contributed by atoms with van der Waals surface area (Å²) in [6, 6.07) is 2.12. The first-order valence-electron chi connectivity index (χ1n) is 5.73. The van der Waals surface area contributed by atoms with Crippen molar-refractivity contribution in [2.24, 2.45) is 0 Å². The minimum absolute atomic E-state index is 0.0401. The molecule has 2 aromatic heterocycles. The van der Waals surface area contributed by atoms with Crippen LogP contribution >= 0.6 is 23.1 Å². The lowest BCUT2D eigenvalue weighted by atomic mass is 10.3. The average molecular weight is 281 g/mol. The van der Waals surface area contributed by atoms with E-state index in [1.54, 1.807) is 17.7 Å². The van der Waals surface area contributed by atoms with E-state index < -0.39 is 0 Å². The lowest BCUT2D eigenvalue weighted by molar-refractivity contribution is -0.120. The van der Waals surface area contributed by atoms with Crippen LogP contribution in [0.4, 0.5) is 0 Å². The molecule has 1 amide bonds. The van der Waals surface area contributed by atoms with Crippen molar-refractivity contribution in [3.8, 4) is 0 Å². The fourth-order valence-corrected chi connectivity index (χ4v) is 3.32. The van der Waals surface area contributed by atoms with Crippen LogP contribution in [0.1, 0.15) is 20.8 Å². The minimum Gasteiger partial charge on any atom is -0.353 e. The summed E-state index contributed by atoms with van der Waals surface area (Å²) >= 11 is 3.08. The first-order valence-corrected chi connectivity index (χ1v) is 7.49. The summed E-state index contributed by atoms with van der Waals surface area (Å²) in [5, 5.41) is 5.61. The van der Waals surface area contributed by atoms with Gasteiger partial charge in [-0.1, -0.05) is 11.8 Å². The molecule has 0 spiro atoms. The first-order chi connectivity index (χ1) is 8.58. The molecule has 0 aliphatic carbocycles. The number of rotatable bonds is 4. The molecule has 2 rings (SSSR count). The van der Waals surface area contributed by atoms with Crippen molar-refractivity contribution in [1.82, 2.24) is 15.3 Å². The van der Waals surface area contributed by atoms with Gasteiger partial charge in [0.2, 0.25) is 5.91 Å². The van der Waals surface area contributed by atoms with Gasteiger partial charge in [-0.2, -0.15) is 0 Å². The molecule has 0 saturated heterocycles. The molecule has 4 nitrogen and oxygen atoms in total. The second kappa shape index (κ2) is 5.67. The van der Waals surface area contributed by atoms with Gasteiger partial charge >= 0.3 is 0 Å². The molecule has 96 valence electrons. The van der Waals surface area contributed by atoms with Crippen LogP contribution in [0.3, 0.4) is 0 Å². The van der Waals surface area contributed by atoms with Crippen LogP contribution in [0.15, 0.2) is 22.8 Å². The van der Waals surface area contributed by atoms with Crippen LogP contribution in [0.5, 0.6) is 0 Å². The van der Waals surface area contributed by atoms with Gasteiger partial charge in [-0.3, -0.25) is 4.79 Å². The van der Waals surface area contributed by atoms with Gasteiger partial charge in [-0.25, -0.2) is 9.97 Å². The first kappa shape index (κ1) is 13.3. The smallest absolute Gasteiger partial charge is 0.233 e. The molecular weight excluding hydrogens is 266 g/mol. The molecule has 0 aromatic carbocycles. The van der Waals surface area contributed by atoms with E-state index in [4.69, 9.17) is 0 Å². The maximum atomic E-state index is 11.9. The van der Waals surface area contributed by atoms with Crippen molar-refractivity contribution in [3.63, 3.8) is 0 Å². The highest BCUT2D eigenvalue weighted by atomic mass is 32.2. The molecular formula is C12H15N3OS2. The Morgan fingerprint density at radius 2 is 2.17 bits per heavy atom. The summed E-state index contributed by atoms with van der Waals surface area (Å²) in [5.74, 6) is 0.0401. The van der Waals surface area contributed by atoms with E-state index in [0.717, 1.165) is 15.2 Å². The van der Waals surface area contributed by atoms with Gasteiger partial charge in [0.25, 0.3) is 0 Å². The summed E-state index contributed by atoms with van der Waals surface area (Å²) in [6.07, 6.45) is 1.55. The van der Waals surface area contributed by atoms with E-state index in [2.05, 4.69) is 15.3 Å². The van der Waals surface area contributed by atoms with Gasteiger partial charge in [0.05, 0.1) is 15.5 Å². The van der Waals surface area contributed by atoms with Crippen molar-refractivity contribution in [2.75, 3.05) is 0 Å². The van der Waals surface area contributed by atoms with Crippen molar-refractivity contribution >= 4 is 39.2 Å². The molecule has 1 atom stereocenters. The number of thiophene rings is 1. The van der Waals surface area contributed by atoms with Crippen LogP contribution in [0, 0.1) is 0 Å².